The highest BCUT2D eigenvalue weighted by molar-refractivity contribution is 6.03. The van der Waals surface area contributed by atoms with Crippen molar-refractivity contribution in [2.45, 2.75) is 123 Å². The van der Waals surface area contributed by atoms with Crippen molar-refractivity contribution < 1.29 is 51.3 Å². The Morgan fingerprint density at radius 3 is 1.02 bits per heavy atom. The lowest BCUT2D eigenvalue weighted by Crippen LogP contribution is -2.62. The summed E-state index contributed by atoms with van der Waals surface area (Å²) in [6.45, 7) is 29.1. The fraction of sp³-hybridized carbons (Fsp3) is 0.298. The molecule has 18 rings (SSSR count). The van der Waals surface area contributed by atoms with Crippen LogP contribution in [0.3, 0.4) is 0 Å². The molecule has 0 aliphatic carbocycles. The molecule has 12 aromatic rings. The lowest BCUT2D eigenvalue weighted by atomic mass is 9.91. The first-order valence-electron chi connectivity index (χ1n) is 41.0. The first-order chi connectivity index (χ1) is 58.5. The molecule has 2 amide bonds. The van der Waals surface area contributed by atoms with E-state index >= 15 is 13.2 Å². The maximum Gasteiger partial charge on any atom is 0.282 e. The zero-order chi connectivity index (χ0) is 86.5. The molecule has 0 spiro atoms. The normalized spacial score (nSPS) is 18.3. The van der Waals surface area contributed by atoms with E-state index in [1.165, 1.54) is 80.5 Å². The molecule has 0 saturated carbocycles. The lowest BCUT2D eigenvalue weighted by Gasteiger charge is -2.49. The molecular weight excluding hydrogens is 1570 g/mol. The SMILES string of the molecule is C=CC(=O)N1C[C@@H]2CNc3c(c4cc(F)c(-c5c(O)cccc5F)nc4n(-c4ccccc4C(C)C)c3=O)N2C[C@H]1C.C=CC(=O)N1C[C@@H]2CNc3c(c4cc(F)c(-c5c(O)cccc5F)nc4n(-c4ccccc4C(C)C)c3=O)N2C[C@H]1C.CC(C)c1ccccc1-n1c(=O)c2c(c3cc(F)c(-c4c(O)cccc4F)nc31)N1C[C@@H](C)CC[C@@H]1CN2. The van der Waals surface area contributed by atoms with E-state index in [-0.39, 0.29) is 116 Å². The first-order valence-corrected chi connectivity index (χ1v) is 41.0. The van der Waals surface area contributed by atoms with Crippen LogP contribution in [-0.2, 0) is 9.59 Å². The maximum atomic E-state index is 16.0. The Kier molecular flexibility index (Phi) is 22.0. The summed E-state index contributed by atoms with van der Waals surface area (Å²) in [7, 11) is 0. The van der Waals surface area contributed by atoms with Gasteiger partial charge in [-0.1, -0.05) is 134 Å². The van der Waals surface area contributed by atoms with E-state index in [9.17, 15) is 52.5 Å². The van der Waals surface area contributed by atoms with E-state index in [0.717, 1.165) is 54.3 Å². The molecule has 122 heavy (non-hydrogen) atoms. The van der Waals surface area contributed by atoms with Crippen LogP contribution in [0.1, 0.15) is 110 Å². The Morgan fingerprint density at radius 1 is 0.410 bits per heavy atom. The molecule has 6 aromatic heterocycles. The second-order valence-corrected chi connectivity index (χ2v) is 33.0. The van der Waals surface area contributed by atoms with Gasteiger partial charge in [0.1, 0.15) is 68.8 Å². The first kappa shape index (κ1) is 82.3. The Morgan fingerprint density at radius 2 is 0.713 bits per heavy atom. The number of carbonyl (C=O) groups is 2. The summed E-state index contributed by atoms with van der Waals surface area (Å²) in [4.78, 5) is 91.6. The van der Waals surface area contributed by atoms with Gasteiger partial charge >= 0.3 is 0 Å². The number of anilines is 6. The van der Waals surface area contributed by atoms with Gasteiger partial charge in [0.05, 0.1) is 62.9 Å². The number of hydrogen-bond acceptors (Lipinski definition) is 17. The Bertz CT molecular complexity index is 6160. The number of para-hydroxylation sites is 3. The van der Waals surface area contributed by atoms with Gasteiger partial charge in [-0.25, -0.2) is 41.3 Å². The summed E-state index contributed by atoms with van der Waals surface area (Å²) in [5, 5.41) is 42.5. The number of phenolic OH excluding ortho intramolecular Hbond substituents is 3. The van der Waals surface area contributed by atoms with Gasteiger partial charge in [-0.3, -0.25) is 37.7 Å². The smallest absolute Gasteiger partial charge is 0.282 e. The highest BCUT2D eigenvalue weighted by Crippen LogP contribution is 2.48. The monoisotopic (exact) mass is 1660 g/mol. The van der Waals surface area contributed by atoms with Crippen LogP contribution in [0.5, 0.6) is 17.2 Å². The van der Waals surface area contributed by atoms with E-state index in [0.29, 0.717) is 119 Å². The number of benzene rings is 6. The largest absolute Gasteiger partial charge is 0.507 e. The lowest BCUT2D eigenvalue weighted by molar-refractivity contribution is -0.129. The molecule has 6 aliphatic rings. The van der Waals surface area contributed by atoms with Gasteiger partial charge in [-0.2, -0.15) is 0 Å². The molecular formula is C94H92F6N14O8. The number of rotatable bonds is 11. The van der Waals surface area contributed by atoms with Crippen molar-refractivity contribution in [3.63, 3.8) is 0 Å². The third-order valence-electron chi connectivity index (χ3n) is 24.3. The van der Waals surface area contributed by atoms with Gasteiger partial charge in [-0.05, 0) is 152 Å². The van der Waals surface area contributed by atoms with Gasteiger partial charge in [-0.15, -0.1) is 0 Å². The number of halogens is 6. The van der Waals surface area contributed by atoms with E-state index in [4.69, 9.17) is 0 Å². The predicted octanol–water partition coefficient (Wildman–Crippen LogP) is 16.5. The van der Waals surface area contributed by atoms with Gasteiger partial charge in [0, 0.05) is 86.6 Å². The quantitative estimate of drug-likeness (QED) is 0.0520. The van der Waals surface area contributed by atoms with Gasteiger partial charge in [0.25, 0.3) is 16.7 Å². The minimum Gasteiger partial charge on any atom is -0.507 e. The van der Waals surface area contributed by atoms with Crippen LogP contribution in [0.4, 0.5) is 60.5 Å². The molecule has 12 heterocycles. The van der Waals surface area contributed by atoms with Crippen molar-refractivity contribution in [3.05, 3.63) is 254 Å². The number of aromatic nitrogens is 6. The zero-order valence-corrected chi connectivity index (χ0v) is 68.8. The van der Waals surface area contributed by atoms with E-state index in [2.05, 4.69) is 55.9 Å². The highest BCUT2D eigenvalue weighted by Gasteiger charge is 2.44. The van der Waals surface area contributed by atoms with Crippen molar-refractivity contribution in [3.8, 4) is 68.1 Å². The molecule has 6 atom stereocenters. The number of phenols is 3. The van der Waals surface area contributed by atoms with E-state index in [1.807, 2.05) is 126 Å². The third kappa shape index (κ3) is 14.2. The summed E-state index contributed by atoms with van der Waals surface area (Å²) in [5.74, 6) is -6.03. The molecule has 3 fully saturated rings. The Labute approximate surface area is 699 Å². The second-order valence-electron chi connectivity index (χ2n) is 33.0. The number of nitrogens with one attached hydrogen (secondary N) is 3. The van der Waals surface area contributed by atoms with Crippen molar-refractivity contribution in [2.75, 3.05) is 83.0 Å². The topological polar surface area (TPSA) is 252 Å². The molecule has 3 saturated heterocycles. The maximum absolute atomic E-state index is 16.0. The fourth-order valence-corrected chi connectivity index (χ4v) is 18.3. The van der Waals surface area contributed by atoms with E-state index in [1.54, 1.807) is 21.9 Å². The van der Waals surface area contributed by atoms with Crippen LogP contribution in [0.2, 0.25) is 0 Å². The number of fused-ring (bicyclic) bond motifs is 15. The minimum atomic E-state index is -0.844. The van der Waals surface area contributed by atoms with Crippen LogP contribution in [0.25, 0.3) is 83.9 Å². The van der Waals surface area contributed by atoms with Crippen LogP contribution < -0.4 is 47.3 Å². The number of nitrogens with zero attached hydrogens (tertiary/aromatic N) is 11. The van der Waals surface area contributed by atoms with Crippen molar-refractivity contribution >= 4 is 79.0 Å². The van der Waals surface area contributed by atoms with Crippen LogP contribution in [0, 0.1) is 40.8 Å². The molecule has 28 heteroatoms. The number of amides is 2. The number of piperidine rings is 1. The summed E-state index contributed by atoms with van der Waals surface area (Å²) < 4.78 is 96.9. The summed E-state index contributed by atoms with van der Waals surface area (Å²) in [6.07, 6.45) is 4.62. The second kappa shape index (κ2) is 32.6. The molecule has 6 aromatic carbocycles. The van der Waals surface area contributed by atoms with Gasteiger partial charge in [0.15, 0.2) is 34.4 Å². The van der Waals surface area contributed by atoms with Crippen LogP contribution in [-0.4, -0.2) is 148 Å². The van der Waals surface area contributed by atoms with Crippen LogP contribution in [0.15, 0.2) is 185 Å². The minimum absolute atomic E-state index is 0.0448. The summed E-state index contributed by atoms with van der Waals surface area (Å²) >= 11 is 0. The van der Waals surface area contributed by atoms with Gasteiger partial charge < -0.3 is 55.8 Å². The zero-order valence-electron chi connectivity index (χ0n) is 68.8. The molecule has 6 aliphatic heterocycles. The molecule has 22 nitrogen and oxygen atoms in total. The van der Waals surface area contributed by atoms with Gasteiger partial charge in [0.2, 0.25) is 11.8 Å². The molecule has 0 radical (unpaired) electrons. The summed E-state index contributed by atoms with van der Waals surface area (Å²) in [6, 6.07) is 36.8. The van der Waals surface area contributed by atoms with Crippen molar-refractivity contribution in [1.82, 2.24) is 38.5 Å². The number of hydrogen-bond donors (Lipinski definition) is 6. The molecule has 628 valence electrons. The van der Waals surface area contributed by atoms with Crippen molar-refractivity contribution in [2.24, 2.45) is 5.92 Å². The molecule has 6 N–H and O–H groups in total. The average molecular weight is 1660 g/mol. The molecule has 0 bridgehead atoms. The predicted molar refractivity (Wildman–Crippen MR) is 465 cm³/mol. The number of piperazine rings is 2. The number of pyridine rings is 6. The molecule has 0 unspecified atom stereocenters. The fourth-order valence-electron chi connectivity index (χ4n) is 18.3. The summed E-state index contributed by atoms with van der Waals surface area (Å²) in [5.41, 5.74) is 4.29. The third-order valence-corrected chi connectivity index (χ3v) is 24.3. The van der Waals surface area contributed by atoms with E-state index < -0.39 is 63.5 Å². The highest BCUT2D eigenvalue weighted by atomic mass is 19.1. The number of carbonyl (C=O) groups excluding carboxylic acids is 2. The number of aromatic hydroxyl groups is 3. The Hall–Kier alpha value is -13.4. The van der Waals surface area contributed by atoms with Crippen molar-refractivity contribution in [1.29, 1.82) is 0 Å². The standard InChI is InChI=1S/2C32H31F2N5O3.C30H30F2N4O2/c2*1-5-26(41)37-16-19-14-35-29-30(38(19)15-18(37)4)21-13-23(34)28(27-22(33)10-8-12-25(27)40)36-31(21)39(32(29)42)24-11-7-6-9-20(24)17(2)3;1-16(2)19-7-4-5-9-23(19)36-29-20(13-22(32)26(34-29)25-21(31)8-6-10-24(25)37)28-27(30(36)38)33-14-18-12-11-17(3)15-35(18)28/h2*5-13,17-19,35,40H,1,14-16H2,2-4H3;4-10,13,16-18,33,37H,11-12,14-15H2,1-3H3/t2*18-,19+;17-,18+/m110/s1. The van der Waals surface area contributed by atoms with Crippen LogP contribution >= 0.6 is 0 Å². The average Bonchev–Trinajstić information content (AvgIpc) is 0.725. The Balaban J connectivity index is 0.000000136.